The van der Waals surface area contributed by atoms with Crippen LogP contribution in [0.25, 0.3) is 0 Å². The number of tetrazole rings is 1. The van der Waals surface area contributed by atoms with Crippen LogP contribution in [0.4, 0.5) is 13.2 Å². The smallest absolute Gasteiger partial charge is 0.416 e. The molecule has 39 heavy (non-hydrogen) atoms. The summed E-state index contributed by atoms with van der Waals surface area (Å²) in [6, 6.07) is 4.36. The minimum atomic E-state index is -4.49. The van der Waals surface area contributed by atoms with E-state index in [4.69, 9.17) is 23.7 Å². The van der Waals surface area contributed by atoms with Crippen molar-refractivity contribution in [2.45, 2.75) is 70.9 Å². The van der Waals surface area contributed by atoms with Crippen LogP contribution in [0.2, 0.25) is 0 Å². The molecule has 1 saturated heterocycles. The number of nitrogens with zero attached hydrogens (tertiary/aromatic N) is 4. The lowest BCUT2D eigenvalue weighted by molar-refractivity contribution is -0.272. The molecule has 5 unspecified atom stereocenters. The highest BCUT2D eigenvalue weighted by molar-refractivity contribution is 5.68. The van der Waals surface area contributed by atoms with Crippen molar-refractivity contribution in [3.8, 4) is 0 Å². The Balaban J connectivity index is 1.95. The average molecular weight is 558 g/mol. The third-order valence-electron chi connectivity index (χ3n) is 5.31. The van der Waals surface area contributed by atoms with E-state index in [1.165, 1.54) is 12.1 Å². The maximum Gasteiger partial charge on any atom is 0.416 e. The molecule has 0 N–H and O–H groups in total. The fraction of sp³-hybridized carbons (Fsp3) is 0.522. The minimum absolute atomic E-state index is 0.0105. The van der Waals surface area contributed by atoms with E-state index in [0.29, 0.717) is 5.56 Å². The van der Waals surface area contributed by atoms with Crippen LogP contribution in [0.3, 0.4) is 0 Å². The van der Waals surface area contributed by atoms with Gasteiger partial charge >= 0.3 is 30.1 Å². The summed E-state index contributed by atoms with van der Waals surface area (Å²) in [6.07, 6.45) is -11.4. The molecule has 1 aliphatic heterocycles. The molecule has 0 saturated carbocycles. The summed E-state index contributed by atoms with van der Waals surface area (Å²) in [4.78, 5) is 48.1. The van der Waals surface area contributed by atoms with Crippen molar-refractivity contribution in [2.24, 2.45) is 0 Å². The highest BCUT2D eigenvalue weighted by Gasteiger charge is 2.53. The number of hydrogen-bond acceptors (Lipinski definition) is 12. The van der Waals surface area contributed by atoms with Gasteiger partial charge in [0.05, 0.1) is 5.56 Å². The minimum Gasteiger partial charge on any atom is -0.463 e. The second kappa shape index (κ2) is 12.2. The van der Waals surface area contributed by atoms with Gasteiger partial charge in [0.25, 0.3) is 0 Å². The Morgan fingerprint density at radius 3 is 1.97 bits per heavy atom. The Hall–Kier alpha value is -4.08. The van der Waals surface area contributed by atoms with Gasteiger partial charge in [-0.05, 0) is 22.9 Å². The van der Waals surface area contributed by atoms with Crippen molar-refractivity contribution in [1.29, 1.82) is 0 Å². The highest BCUT2D eigenvalue weighted by Crippen LogP contribution is 2.34. The summed E-state index contributed by atoms with van der Waals surface area (Å²) in [5, 5.41) is 12.0. The zero-order chi connectivity index (χ0) is 28.9. The number of halogens is 3. The molecular weight excluding hydrogens is 533 g/mol. The molecule has 0 aliphatic carbocycles. The van der Waals surface area contributed by atoms with Gasteiger partial charge in [-0.3, -0.25) is 19.2 Å². The van der Waals surface area contributed by atoms with E-state index in [0.717, 1.165) is 44.6 Å². The van der Waals surface area contributed by atoms with Crippen LogP contribution >= 0.6 is 0 Å². The zero-order valence-corrected chi connectivity index (χ0v) is 21.2. The monoisotopic (exact) mass is 558 g/mol. The molecule has 2 heterocycles. The van der Waals surface area contributed by atoms with Crippen molar-refractivity contribution in [3.05, 3.63) is 41.2 Å². The summed E-state index contributed by atoms with van der Waals surface area (Å²) in [5.74, 6) is -3.01. The fourth-order valence-electron chi connectivity index (χ4n) is 3.82. The Labute approximate surface area is 219 Å². The third kappa shape index (κ3) is 7.95. The van der Waals surface area contributed by atoms with Crippen molar-refractivity contribution in [1.82, 2.24) is 20.2 Å². The number of ether oxygens (including phenoxy) is 5. The first-order valence-electron chi connectivity index (χ1n) is 11.5. The van der Waals surface area contributed by atoms with Gasteiger partial charge in [-0.15, -0.1) is 15.0 Å². The van der Waals surface area contributed by atoms with Gasteiger partial charge in [-0.25, -0.2) is 0 Å². The number of hydrogen-bond donors (Lipinski definition) is 0. The van der Waals surface area contributed by atoms with Crippen LogP contribution in [0, 0.1) is 0 Å². The van der Waals surface area contributed by atoms with Crippen LogP contribution < -0.4 is 0 Å². The lowest BCUT2D eigenvalue weighted by atomic mass is 9.97. The average Bonchev–Trinajstić information content (AvgIpc) is 3.27. The Morgan fingerprint density at radius 2 is 1.44 bits per heavy atom. The van der Waals surface area contributed by atoms with Crippen molar-refractivity contribution < 1.29 is 56.0 Å². The largest absolute Gasteiger partial charge is 0.463 e. The number of carbonyl (C=O) groups is 4. The molecule has 0 bridgehead atoms. The molecule has 1 fully saturated rings. The molecule has 16 heteroatoms. The fourth-order valence-corrected chi connectivity index (χ4v) is 3.82. The third-order valence-corrected chi connectivity index (χ3v) is 5.31. The molecular formula is C23H25F3N4O9. The molecule has 1 aromatic heterocycles. The maximum absolute atomic E-state index is 12.8. The van der Waals surface area contributed by atoms with Crippen molar-refractivity contribution >= 4 is 23.9 Å². The van der Waals surface area contributed by atoms with Gasteiger partial charge in [0.1, 0.15) is 12.7 Å². The molecule has 3 rings (SSSR count). The van der Waals surface area contributed by atoms with Gasteiger partial charge in [0, 0.05) is 34.1 Å². The Morgan fingerprint density at radius 1 is 0.872 bits per heavy atom. The molecule has 1 aromatic carbocycles. The number of benzene rings is 1. The van der Waals surface area contributed by atoms with E-state index in [9.17, 15) is 32.3 Å². The predicted molar refractivity (Wildman–Crippen MR) is 119 cm³/mol. The Kier molecular flexibility index (Phi) is 9.21. The van der Waals surface area contributed by atoms with Crippen LogP contribution in [-0.2, 0) is 55.5 Å². The standard InChI is InChI=1S/C23H25F3N4O9/c1-11(31)35-10-17-19(36-12(2)32)20(37-13(3)33)21(38-14(4)34)22(39-17)30-28-18(27-29-30)9-15-5-7-16(8-6-15)23(24,25)26/h5-8,17,19-22H,9-10H2,1-4H3. The van der Waals surface area contributed by atoms with E-state index in [2.05, 4.69) is 15.4 Å². The van der Waals surface area contributed by atoms with Gasteiger partial charge in [0.2, 0.25) is 6.23 Å². The van der Waals surface area contributed by atoms with Crippen LogP contribution in [0.15, 0.2) is 24.3 Å². The lowest BCUT2D eigenvalue weighted by Crippen LogP contribution is -2.60. The highest BCUT2D eigenvalue weighted by atomic mass is 19.4. The molecule has 212 valence electrons. The quantitative estimate of drug-likeness (QED) is 0.340. The summed E-state index contributed by atoms with van der Waals surface area (Å²) in [7, 11) is 0. The topological polar surface area (TPSA) is 158 Å². The summed E-state index contributed by atoms with van der Waals surface area (Å²) in [6.45, 7) is 3.95. The second-order valence-corrected chi connectivity index (χ2v) is 8.49. The van der Waals surface area contributed by atoms with E-state index in [1.54, 1.807) is 0 Å². The zero-order valence-electron chi connectivity index (χ0n) is 21.2. The summed E-state index contributed by atoms with van der Waals surface area (Å²) in [5.41, 5.74) is -0.371. The first-order valence-corrected chi connectivity index (χ1v) is 11.5. The van der Waals surface area contributed by atoms with Crippen LogP contribution in [0.5, 0.6) is 0 Å². The first kappa shape index (κ1) is 29.5. The van der Waals surface area contributed by atoms with E-state index in [1.807, 2.05) is 0 Å². The van der Waals surface area contributed by atoms with E-state index in [-0.39, 0.29) is 12.2 Å². The van der Waals surface area contributed by atoms with Gasteiger partial charge in [0.15, 0.2) is 24.1 Å². The molecule has 2 aromatic rings. The van der Waals surface area contributed by atoms with E-state index >= 15 is 0 Å². The first-order chi connectivity index (χ1) is 18.2. The van der Waals surface area contributed by atoms with Crippen LogP contribution in [0.1, 0.15) is 50.9 Å². The van der Waals surface area contributed by atoms with E-state index < -0.39 is 72.9 Å². The number of rotatable bonds is 8. The predicted octanol–water partition coefficient (Wildman–Crippen LogP) is 1.54. The summed E-state index contributed by atoms with van der Waals surface area (Å²) < 4.78 is 65.5. The van der Waals surface area contributed by atoms with Crippen LogP contribution in [-0.4, -0.2) is 75.1 Å². The lowest BCUT2D eigenvalue weighted by Gasteiger charge is -2.43. The second-order valence-electron chi connectivity index (χ2n) is 8.49. The number of aromatic nitrogens is 4. The summed E-state index contributed by atoms with van der Waals surface area (Å²) >= 11 is 0. The van der Waals surface area contributed by atoms with Gasteiger partial charge < -0.3 is 23.7 Å². The maximum atomic E-state index is 12.8. The molecule has 5 atom stereocenters. The number of esters is 4. The van der Waals surface area contributed by atoms with Gasteiger partial charge in [-0.2, -0.15) is 13.2 Å². The number of carbonyl (C=O) groups excluding carboxylic acids is 4. The molecule has 13 nitrogen and oxygen atoms in total. The molecule has 1 aliphatic rings. The van der Waals surface area contributed by atoms with Gasteiger partial charge in [-0.1, -0.05) is 12.1 Å². The van der Waals surface area contributed by atoms with Crippen molar-refractivity contribution in [2.75, 3.05) is 6.61 Å². The number of alkyl halides is 3. The molecule has 0 spiro atoms. The Bertz CT molecular complexity index is 1200. The molecule has 0 radical (unpaired) electrons. The molecule has 0 amide bonds. The normalized spacial score (nSPS) is 23.0. The SMILES string of the molecule is CC(=O)OCC1OC(n2nnc(Cc3ccc(C(F)(F)F)cc3)n2)C(OC(C)=O)C(OC(C)=O)C1OC(C)=O. The van der Waals surface area contributed by atoms with Crippen molar-refractivity contribution in [3.63, 3.8) is 0 Å².